The van der Waals surface area contributed by atoms with E-state index in [0.717, 1.165) is 26.1 Å². The molecule has 0 bridgehead atoms. The minimum atomic E-state index is -1.42. The second-order valence-electron chi connectivity index (χ2n) is 6.02. The van der Waals surface area contributed by atoms with Crippen molar-refractivity contribution in [2.75, 3.05) is 26.2 Å². The number of urea groups is 1. The Hall–Kier alpha value is -1.34. The molecule has 0 aliphatic carbocycles. The van der Waals surface area contributed by atoms with Crippen LogP contribution in [-0.4, -0.2) is 76.4 Å². The first-order valence-electron chi connectivity index (χ1n) is 7.68. The number of nitrogens with zero attached hydrogens (tertiary/aromatic N) is 2. The molecule has 3 N–H and O–H groups in total. The predicted molar refractivity (Wildman–Crippen MR) is 77.0 cm³/mol. The second kappa shape index (κ2) is 7.09. The van der Waals surface area contributed by atoms with Crippen molar-refractivity contribution in [3.63, 3.8) is 0 Å². The normalized spacial score (nSPS) is 27.8. The number of amides is 2. The monoisotopic (exact) mass is 299 g/mol. The zero-order valence-corrected chi connectivity index (χ0v) is 12.5. The molecule has 2 heterocycles. The lowest BCUT2D eigenvalue weighted by Crippen LogP contribution is -2.61. The number of carboxylic acid groups (broad SMARTS) is 1. The molecule has 0 aromatic rings. The molecule has 0 aromatic heterocycles. The van der Waals surface area contributed by atoms with Crippen molar-refractivity contribution in [1.29, 1.82) is 0 Å². The number of aliphatic hydroxyl groups is 1. The van der Waals surface area contributed by atoms with Crippen molar-refractivity contribution in [3.05, 3.63) is 0 Å². The van der Waals surface area contributed by atoms with Gasteiger partial charge in [-0.25, -0.2) is 9.59 Å². The Balaban J connectivity index is 1.80. The van der Waals surface area contributed by atoms with Crippen molar-refractivity contribution in [1.82, 2.24) is 15.1 Å². The maximum absolute atomic E-state index is 12.2. The van der Waals surface area contributed by atoms with E-state index in [4.69, 9.17) is 5.11 Å². The van der Waals surface area contributed by atoms with Gasteiger partial charge < -0.3 is 20.4 Å². The van der Waals surface area contributed by atoms with E-state index in [0.29, 0.717) is 6.04 Å². The summed E-state index contributed by atoms with van der Waals surface area (Å²) >= 11 is 0. The Bertz CT molecular complexity index is 390. The standard InChI is InChI=1S/C14H25N3O4/c1-10-8-16-7-3-2-4-11(16)9-17(10)14(21)15-6-5-12(18)13(19)20/h10-12,18H,2-9H2,1H3,(H,15,21)(H,19,20). The van der Waals surface area contributed by atoms with E-state index in [1.54, 1.807) is 0 Å². The lowest BCUT2D eigenvalue weighted by molar-refractivity contribution is -0.146. The molecule has 21 heavy (non-hydrogen) atoms. The maximum atomic E-state index is 12.2. The summed E-state index contributed by atoms with van der Waals surface area (Å²) in [7, 11) is 0. The van der Waals surface area contributed by atoms with Gasteiger partial charge in [-0.15, -0.1) is 0 Å². The van der Waals surface area contributed by atoms with Crippen LogP contribution >= 0.6 is 0 Å². The van der Waals surface area contributed by atoms with Gasteiger partial charge in [-0.3, -0.25) is 4.90 Å². The van der Waals surface area contributed by atoms with Crippen LogP contribution in [0, 0.1) is 0 Å². The van der Waals surface area contributed by atoms with Gasteiger partial charge in [0, 0.05) is 38.1 Å². The van der Waals surface area contributed by atoms with Crippen LogP contribution in [0.5, 0.6) is 0 Å². The number of rotatable bonds is 4. The summed E-state index contributed by atoms with van der Waals surface area (Å²) in [6.45, 7) is 4.96. The minimum Gasteiger partial charge on any atom is -0.479 e. The molecule has 120 valence electrons. The second-order valence-corrected chi connectivity index (χ2v) is 6.02. The topological polar surface area (TPSA) is 93.1 Å². The lowest BCUT2D eigenvalue weighted by atomic mass is 9.97. The quantitative estimate of drug-likeness (QED) is 0.684. The molecular weight excluding hydrogens is 274 g/mol. The fourth-order valence-electron chi connectivity index (χ4n) is 3.18. The van der Waals surface area contributed by atoms with Gasteiger partial charge in [0.05, 0.1) is 0 Å². The van der Waals surface area contributed by atoms with E-state index in [1.165, 1.54) is 12.8 Å². The summed E-state index contributed by atoms with van der Waals surface area (Å²) < 4.78 is 0. The highest BCUT2D eigenvalue weighted by Crippen LogP contribution is 2.23. The number of aliphatic carboxylic acids is 1. The number of piperazine rings is 1. The van der Waals surface area contributed by atoms with Crippen LogP contribution in [0.15, 0.2) is 0 Å². The summed E-state index contributed by atoms with van der Waals surface area (Å²) in [5.41, 5.74) is 0. The molecule has 0 aromatic carbocycles. The molecule has 2 saturated heterocycles. The molecule has 2 rings (SSSR count). The maximum Gasteiger partial charge on any atom is 0.332 e. The van der Waals surface area contributed by atoms with Gasteiger partial charge in [-0.2, -0.15) is 0 Å². The SMILES string of the molecule is CC1CN2CCCCC2CN1C(=O)NCCC(O)C(=O)O. The number of fused-ring (bicyclic) bond motifs is 1. The van der Waals surface area contributed by atoms with E-state index in [2.05, 4.69) is 10.2 Å². The van der Waals surface area contributed by atoms with Gasteiger partial charge in [-0.1, -0.05) is 6.42 Å². The number of hydrogen-bond acceptors (Lipinski definition) is 4. The smallest absolute Gasteiger partial charge is 0.332 e. The van der Waals surface area contributed by atoms with Gasteiger partial charge in [0.1, 0.15) is 0 Å². The van der Waals surface area contributed by atoms with Crippen molar-refractivity contribution >= 4 is 12.0 Å². The molecule has 0 saturated carbocycles. The van der Waals surface area contributed by atoms with Gasteiger partial charge in [-0.05, 0) is 26.3 Å². The fourth-order valence-corrected chi connectivity index (χ4v) is 3.18. The highest BCUT2D eigenvalue weighted by atomic mass is 16.4. The van der Waals surface area contributed by atoms with E-state index < -0.39 is 12.1 Å². The van der Waals surface area contributed by atoms with Crippen LogP contribution in [0.4, 0.5) is 4.79 Å². The minimum absolute atomic E-state index is 0.0266. The summed E-state index contributed by atoms with van der Waals surface area (Å²) in [6.07, 6.45) is 2.20. The van der Waals surface area contributed by atoms with Gasteiger partial charge in [0.15, 0.2) is 6.10 Å². The number of hydrogen-bond donors (Lipinski definition) is 3. The Morgan fingerprint density at radius 3 is 2.81 bits per heavy atom. The molecule has 0 spiro atoms. The number of piperidine rings is 1. The first-order valence-corrected chi connectivity index (χ1v) is 7.68. The lowest BCUT2D eigenvalue weighted by Gasteiger charge is -2.47. The Labute approximate surface area is 124 Å². The number of aliphatic hydroxyl groups excluding tert-OH is 1. The van der Waals surface area contributed by atoms with Crippen LogP contribution in [0.3, 0.4) is 0 Å². The Morgan fingerprint density at radius 2 is 2.10 bits per heavy atom. The molecule has 7 heteroatoms. The van der Waals surface area contributed by atoms with E-state index >= 15 is 0 Å². The molecular formula is C14H25N3O4. The molecule has 2 aliphatic heterocycles. The largest absolute Gasteiger partial charge is 0.479 e. The van der Waals surface area contributed by atoms with E-state index in [9.17, 15) is 14.7 Å². The first kappa shape index (κ1) is 16.0. The molecule has 7 nitrogen and oxygen atoms in total. The van der Waals surface area contributed by atoms with Gasteiger partial charge in [0.25, 0.3) is 0 Å². The highest BCUT2D eigenvalue weighted by molar-refractivity contribution is 5.75. The molecule has 2 amide bonds. The van der Waals surface area contributed by atoms with Crippen molar-refractivity contribution in [2.24, 2.45) is 0 Å². The van der Waals surface area contributed by atoms with E-state index in [-0.39, 0.29) is 25.0 Å². The van der Waals surface area contributed by atoms with Crippen LogP contribution < -0.4 is 5.32 Å². The van der Waals surface area contributed by atoms with Crippen LogP contribution in [-0.2, 0) is 4.79 Å². The Kier molecular flexibility index (Phi) is 5.41. The van der Waals surface area contributed by atoms with Gasteiger partial charge in [0.2, 0.25) is 0 Å². The third-order valence-electron chi connectivity index (χ3n) is 4.43. The zero-order chi connectivity index (χ0) is 15.4. The molecule has 3 unspecified atom stereocenters. The van der Waals surface area contributed by atoms with Crippen molar-refractivity contribution in [2.45, 2.75) is 50.8 Å². The average molecular weight is 299 g/mol. The summed E-state index contributed by atoms with van der Waals surface area (Å²) in [6, 6.07) is 0.444. The first-order chi connectivity index (χ1) is 9.99. The van der Waals surface area contributed by atoms with Crippen molar-refractivity contribution < 1.29 is 19.8 Å². The number of nitrogens with one attached hydrogen (secondary N) is 1. The average Bonchev–Trinajstić information content (AvgIpc) is 2.46. The van der Waals surface area contributed by atoms with E-state index in [1.807, 2.05) is 11.8 Å². The third kappa shape index (κ3) is 4.07. The Morgan fingerprint density at radius 1 is 1.33 bits per heavy atom. The predicted octanol–water partition coefficient (Wildman–Crippen LogP) is 0.0902. The fraction of sp³-hybridized carbons (Fsp3) is 0.857. The van der Waals surface area contributed by atoms with Gasteiger partial charge >= 0.3 is 12.0 Å². The number of carbonyl (C=O) groups is 2. The summed E-state index contributed by atoms with van der Waals surface area (Å²) in [5, 5.41) is 20.5. The number of carbonyl (C=O) groups excluding carboxylic acids is 1. The number of carboxylic acids is 1. The van der Waals surface area contributed by atoms with Crippen LogP contribution in [0.2, 0.25) is 0 Å². The van der Waals surface area contributed by atoms with Crippen LogP contribution in [0.25, 0.3) is 0 Å². The molecule has 2 fully saturated rings. The van der Waals surface area contributed by atoms with Crippen LogP contribution in [0.1, 0.15) is 32.6 Å². The highest BCUT2D eigenvalue weighted by Gasteiger charge is 2.35. The summed E-state index contributed by atoms with van der Waals surface area (Å²) in [4.78, 5) is 27.0. The third-order valence-corrected chi connectivity index (χ3v) is 4.43. The zero-order valence-electron chi connectivity index (χ0n) is 12.5. The van der Waals surface area contributed by atoms with Crippen molar-refractivity contribution in [3.8, 4) is 0 Å². The molecule has 3 atom stereocenters. The molecule has 0 radical (unpaired) electrons. The molecule has 2 aliphatic rings. The summed E-state index contributed by atoms with van der Waals surface area (Å²) in [5.74, 6) is -1.26.